The van der Waals surface area contributed by atoms with Gasteiger partial charge in [0.2, 0.25) is 0 Å². The Balaban J connectivity index is 1.91. The molecule has 0 amide bonds. The largest absolute Gasteiger partial charge is 0.481 e. The third kappa shape index (κ3) is 4.33. The number of hydrogen-bond donors (Lipinski definition) is 1. The summed E-state index contributed by atoms with van der Waals surface area (Å²) in [6.07, 6.45) is 1.41. The van der Waals surface area contributed by atoms with E-state index in [2.05, 4.69) is 0 Å². The molecule has 0 spiro atoms. The van der Waals surface area contributed by atoms with Crippen molar-refractivity contribution >= 4 is 5.97 Å². The predicted octanol–water partition coefficient (Wildman–Crippen LogP) is 2.61. The van der Waals surface area contributed by atoms with Crippen LogP contribution in [0.15, 0.2) is 30.3 Å². The Labute approximate surface area is 113 Å². The summed E-state index contributed by atoms with van der Waals surface area (Å²) in [5.41, 5.74) is 1.09. The lowest BCUT2D eigenvalue weighted by Gasteiger charge is -2.34. The highest BCUT2D eigenvalue weighted by Gasteiger charge is 2.31. The van der Waals surface area contributed by atoms with Gasteiger partial charge in [-0.15, -0.1) is 0 Å². The van der Waals surface area contributed by atoms with E-state index < -0.39 is 5.97 Å². The van der Waals surface area contributed by atoms with Gasteiger partial charge in [0.05, 0.1) is 31.3 Å². The van der Waals surface area contributed by atoms with Gasteiger partial charge >= 0.3 is 5.97 Å². The maximum atomic E-state index is 10.9. The maximum absolute atomic E-state index is 10.9. The molecular formula is C15H20O4. The van der Waals surface area contributed by atoms with Crippen LogP contribution in [0.25, 0.3) is 0 Å². The number of carbonyl (C=O) groups is 1. The minimum Gasteiger partial charge on any atom is -0.481 e. The summed E-state index contributed by atoms with van der Waals surface area (Å²) in [7, 11) is 0. The Bertz CT molecular complexity index is 404. The number of carboxylic acids is 1. The van der Waals surface area contributed by atoms with E-state index in [1.54, 1.807) is 0 Å². The van der Waals surface area contributed by atoms with Gasteiger partial charge in [-0.1, -0.05) is 30.3 Å². The van der Waals surface area contributed by atoms with E-state index >= 15 is 0 Å². The molecular weight excluding hydrogens is 244 g/mol. The molecule has 0 bridgehead atoms. The normalized spacial score (nSPS) is 27.1. The van der Waals surface area contributed by atoms with Gasteiger partial charge in [0.15, 0.2) is 0 Å². The second-order valence-electron chi connectivity index (χ2n) is 5.00. The van der Waals surface area contributed by atoms with Gasteiger partial charge < -0.3 is 14.6 Å². The third-order valence-electron chi connectivity index (χ3n) is 3.36. The van der Waals surface area contributed by atoms with Crippen LogP contribution >= 0.6 is 0 Å². The number of hydrogen-bond acceptors (Lipinski definition) is 3. The summed E-state index contributed by atoms with van der Waals surface area (Å²) in [5, 5.41) is 8.92. The Kier molecular flexibility index (Phi) is 4.93. The highest BCUT2D eigenvalue weighted by Crippen LogP contribution is 2.25. The van der Waals surface area contributed by atoms with Crippen molar-refractivity contribution in [2.75, 3.05) is 0 Å². The molecule has 1 heterocycles. The van der Waals surface area contributed by atoms with Gasteiger partial charge in [-0.05, 0) is 25.3 Å². The molecule has 0 unspecified atom stereocenters. The van der Waals surface area contributed by atoms with Gasteiger partial charge in [0.1, 0.15) is 0 Å². The third-order valence-corrected chi connectivity index (χ3v) is 3.36. The quantitative estimate of drug-likeness (QED) is 0.888. The highest BCUT2D eigenvalue weighted by molar-refractivity contribution is 5.67. The molecule has 0 aliphatic carbocycles. The van der Waals surface area contributed by atoms with Crippen molar-refractivity contribution in [3.63, 3.8) is 0 Å². The lowest BCUT2D eigenvalue weighted by Crippen LogP contribution is -2.40. The zero-order chi connectivity index (χ0) is 13.7. The molecule has 19 heavy (non-hydrogen) atoms. The maximum Gasteiger partial charge on any atom is 0.306 e. The van der Waals surface area contributed by atoms with Gasteiger partial charge in [-0.2, -0.15) is 0 Å². The van der Waals surface area contributed by atoms with E-state index in [0.717, 1.165) is 18.4 Å². The smallest absolute Gasteiger partial charge is 0.306 e. The van der Waals surface area contributed by atoms with Gasteiger partial charge in [0, 0.05) is 0 Å². The lowest BCUT2D eigenvalue weighted by atomic mass is 9.99. The van der Waals surface area contributed by atoms with E-state index in [-0.39, 0.29) is 24.7 Å². The Morgan fingerprint density at radius 1 is 1.37 bits per heavy atom. The average Bonchev–Trinajstić information content (AvgIpc) is 2.38. The van der Waals surface area contributed by atoms with E-state index in [0.29, 0.717) is 6.61 Å². The van der Waals surface area contributed by atoms with Crippen LogP contribution in [0.2, 0.25) is 0 Å². The van der Waals surface area contributed by atoms with Crippen molar-refractivity contribution in [1.82, 2.24) is 0 Å². The second kappa shape index (κ2) is 6.68. The number of carboxylic acid groups (broad SMARTS) is 1. The van der Waals surface area contributed by atoms with E-state index in [9.17, 15) is 4.79 Å². The Hall–Kier alpha value is -1.39. The van der Waals surface area contributed by atoms with Crippen molar-refractivity contribution in [2.24, 2.45) is 0 Å². The van der Waals surface area contributed by atoms with Crippen LogP contribution < -0.4 is 0 Å². The minimum absolute atomic E-state index is 0.00377. The summed E-state index contributed by atoms with van der Waals surface area (Å²) >= 11 is 0. The van der Waals surface area contributed by atoms with Crippen LogP contribution in [0.1, 0.15) is 31.7 Å². The molecule has 1 aliphatic rings. The van der Waals surface area contributed by atoms with Gasteiger partial charge in [0.25, 0.3) is 0 Å². The second-order valence-corrected chi connectivity index (χ2v) is 5.00. The summed E-state index contributed by atoms with van der Waals surface area (Å²) in [4.78, 5) is 10.9. The summed E-state index contributed by atoms with van der Waals surface area (Å²) in [5.74, 6) is -0.840. The first-order chi connectivity index (χ1) is 9.15. The van der Waals surface area contributed by atoms with Crippen LogP contribution in [-0.4, -0.2) is 29.4 Å². The SMILES string of the molecule is C[C@@H]1CC[C@H](OCc2ccccc2)[C@@H](CC(=O)O)O1. The van der Waals surface area contributed by atoms with Crippen LogP contribution in [0.4, 0.5) is 0 Å². The molecule has 4 heteroatoms. The van der Waals surface area contributed by atoms with Crippen LogP contribution in [0.3, 0.4) is 0 Å². The van der Waals surface area contributed by atoms with Crippen molar-refractivity contribution in [3.8, 4) is 0 Å². The molecule has 1 N–H and O–H groups in total. The monoisotopic (exact) mass is 264 g/mol. The molecule has 1 aromatic rings. The van der Waals surface area contributed by atoms with Crippen molar-refractivity contribution in [1.29, 1.82) is 0 Å². The van der Waals surface area contributed by atoms with Crippen LogP contribution in [-0.2, 0) is 20.9 Å². The van der Waals surface area contributed by atoms with Gasteiger partial charge in [-0.3, -0.25) is 4.79 Å². The molecule has 2 rings (SSSR count). The summed E-state index contributed by atoms with van der Waals surface area (Å²) in [6, 6.07) is 9.89. The highest BCUT2D eigenvalue weighted by atomic mass is 16.5. The first-order valence-corrected chi connectivity index (χ1v) is 6.68. The topological polar surface area (TPSA) is 55.8 Å². The standard InChI is InChI=1S/C15H20O4/c1-11-7-8-13(14(19-11)9-15(16)17)18-10-12-5-3-2-4-6-12/h2-6,11,13-14H,7-10H2,1H3,(H,16,17)/t11-,13+,14-/m1/s1. The summed E-state index contributed by atoms with van der Waals surface area (Å²) < 4.78 is 11.5. The lowest BCUT2D eigenvalue weighted by molar-refractivity contribution is -0.160. The first kappa shape index (κ1) is 14.0. The fourth-order valence-corrected chi connectivity index (χ4v) is 2.36. The Morgan fingerprint density at radius 2 is 2.11 bits per heavy atom. The van der Waals surface area contributed by atoms with Crippen molar-refractivity contribution in [3.05, 3.63) is 35.9 Å². The molecule has 0 radical (unpaired) electrons. The fraction of sp³-hybridized carbons (Fsp3) is 0.533. The van der Waals surface area contributed by atoms with E-state index in [4.69, 9.17) is 14.6 Å². The van der Waals surface area contributed by atoms with Crippen molar-refractivity contribution < 1.29 is 19.4 Å². The fourth-order valence-electron chi connectivity index (χ4n) is 2.36. The molecule has 0 saturated carbocycles. The van der Waals surface area contributed by atoms with E-state index in [1.165, 1.54) is 0 Å². The molecule has 1 aliphatic heterocycles. The minimum atomic E-state index is -0.840. The number of ether oxygens (including phenoxy) is 2. The first-order valence-electron chi connectivity index (χ1n) is 6.68. The van der Waals surface area contributed by atoms with Gasteiger partial charge in [-0.25, -0.2) is 0 Å². The van der Waals surface area contributed by atoms with Crippen molar-refractivity contribution in [2.45, 2.75) is 51.1 Å². The molecule has 1 saturated heterocycles. The van der Waals surface area contributed by atoms with Crippen LogP contribution in [0, 0.1) is 0 Å². The number of benzene rings is 1. The number of aliphatic carboxylic acids is 1. The zero-order valence-electron chi connectivity index (χ0n) is 11.1. The predicted molar refractivity (Wildman–Crippen MR) is 70.8 cm³/mol. The molecule has 4 nitrogen and oxygen atoms in total. The molecule has 1 fully saturated rings. The molecule has 104 valence electrons. The Morgan fingerprint density at radius 3 is 2.79 bits per heavy atom. The molecule has 0 aromatic heterocycles. The zero-order valence-corrected chi connectivity index (χ0v) is 11.1. The number of rotatable bonds is 5. The molecule has 1 aromatic carbocycles. The average molecular weight is 264 g/mol. The summed E-state index contributed by atoms with van der Waals surface area (Å²) in [6.45, 7) is 2.47. The van der Waals surface area contributed by atoms with E-state index in [1.807, 2.05) is 37.3 Å². The van der Waals surface area contributed by atoms with Crippen LogP contribution in [0.5, 0.6) is 0 Å². The molecule has 3 atom stereocenters.